The fourth-order valence-electron chi connectivity index (χ4n) is 1.53. The van der Waals surface area contributed by atoms with E-state index in [1.54, 1.807) is 0 Å². The molecule has 1 aromatic carbocycles. The van der Waals surface area contributed by atoms with E-state index in [4.69, 9.17) is 15.6 Å². The molecule has 0 aliphatic heterocycles. The first-order valence-corrected chi connectivity index (χ1v) is 6.53. The second-order valence-electron chi connectivity index (χ2n) is 4.30. The average Bonchev–Trinajstić information content (AvgIpc) is 2.50. The smallest absolute Gasteiger partial charge is 0.331 e. The van der Waals surface area contributed by atoms with E-state index in [2.05, 4.69) is 4.74 Å². The molecule has 22 heavy (non-hydrogen) atoms. The standard InChI is InChI=1S/C15H17NO6/c16-12(10-11-4-2-1-3-5-11)15(20)22-9-8-21-14(19)7-6-13(17)18/h1-7,12H,8-10,16H2,(H,17,18)/b7-6+/t12-/m0/s1. The highest BCUT2D eigenvalue weighted by molar-refractivity contribution is 5.90. The van der Waals surface area contributed by atoms with Gasteiger partial charge in [0.1, 0.15) is 19.3 Å². The SMILES string of the molecule is N[C@@H](Cc1ccccc1)C(=O)OCCOC(=O)/C=C/C(=O)O. The number of carboxylic acid groups (broad SMARTS) is 1. The molecule has 3 N–H and O–H groups in total. The van der Waals surface area contributed by atoms with Gasteiger partial charge in [0.15, 0.2) is 0 Å². The monoisotopic (exact) mass is 307 g/mol. The van der Waals surface area contributed by atoms with E-state index in [0.29, 0.717) is 12.5 Å². The Balaban J connectivity index is 2.23. The number of aliphatic carboxylic acids is 1. The first-order chi connectivity index (χ1) is 10.5. The molecule has 0 saturated carbocycles. The Morgan fingerprint density at radius 2 is 1.73 bits per heavy atom. The van der Waals surface area contributed by atoms with Crippen LogP contribution in [0.5, 0.6) is 0 Å². The lowest BCUT2D eigenvalue weighted by Gasteiger charge is -2.11. The highest BCUT2D eigenvalue weighted by Crippen LogP contribution is 2.02. The second kappa shape index (κ2) is 9.30. The number of hydrogen-bond acceptors (Lipinski definition) is 6. The molecular formula is C15H17NO6. The van der Waals surface area contributed by atoms with E-state index in [1.165, 1.54) is 0 Å². The summed E-state index contributed by atoms with van der Waals surface area (Å²) in [4.78, 5) is 32.8. The van der Waals surface area contributed by atoms with Crippen molar-refractivity contribution in [1.82, 2.24) is 0 Å². The zero-order chi connectivity index (χ0) is 16.4. The van der Waals surface area contributed by atoms with Crippen molar-refractivity contribution in [3.63, 3.8) is 0 Å². The van der Waals surface area contributed by atoms with Crippen molar-refractivity contribution in [3.8, 4) is 0 Å². The molecule has 0 spiro atoms. The summed E-state index contributed by atoms with van der Waals surface area (Å²) < 4.78 is 9.50. The van der Waals surface area contributed by atoms with Crippen molar-refractivity contribution >= 4 is 17.9 Å². The van der Waals surface area contributed by atoms with E-state index in [1.807, 2.05) is 30.3 Å². The molecule has 0 bridgehead atoms. The number of benzene rings is 1. The topological polar surface area (TPSA) is 116 Å². The van der Waals surface area contributed by atoms with Gasteiger partial charge in [0.2, 0.25) is 0 Å². The fourth-order valence-corrected chi connectivity index (χ4v) is 1.53. The number of rotatable bonds is 8. The summed E-state index contributed by atoms with van der Waals surface area (Å²) in [6.07, 6.45) is 1.77. The van der Waals surface area contributed by atoms with E-state index >= 15 is 0 Å². The minimum Gasteiger partial charge on any atom is -0.478 e. The zero-order valence-electron chi connectivity index (χ0n) is 11.8. The third-order valence-corrected chi connectivity index (χ3v) is 2.54. The molecule has 118 valence electrons. The minimum absolute atomic E-state index is 0.145. The normalized spacial score (nSPS) is 11.9. The van der Waals surface area contributed by atoms with E-state index < -0.39 is 23.9 Å². The van der Waals surface area contributed by atoms with Crippen LogP contribution in [0.4, 0.5) is 0 Å². The van der Waals surface area contributed by atoms with Crippen LogP contribution in [0.25, 0.3) is 0 Å². The van der Waals surface area contributed by atoms with Crippen molar-refractivity contribution in [2.24, 2.45) is 5.73 Å². The Labute approximate surface area is 127 Å². The number of nitrogens with two attached hydrogens (primary N) is 1. The largest absolute Gasteiger partial charge is 0.478 e. The molecule has 0 amide bonds. The summed E-state index contributed by atoms with van der Waals surface area (Å²) in [5.74, 6) is -2.68. The van der Waals surface area contributed by atoms with Gasteiger partial charge in [-0.2, -0.15) is 0 Å². The first kappa shape index (κ1) is 17.4. The van der Waals surface area contributed by atoms with Crippen LogP contribution in [0.15, 0.2) is 42.5 Å². The highest BCUT2D eigenvalue weighted by Gasteiger charge is 2.15. The lowest BCUT2D eigenvalue weighted by Crippen LogP contribution is -2.35. The summed E-state index contributed by atoms with van der Waals surface area (Å²) >= 11 is 0. The molecule has 7 nitrogen and oxygen atoms in total. The second-order valence-corrected chi connectivity index (χ2v) is 4.30. The Morgan fingerprint density at radius 3 is 2.36 bits per heavy atom. The summed E-state index contributed by atoms with van der Waals surface area (Å²) in [5, 5.41) is 8.31. The van der Waals surface area contributed by atoms with Crippen molar-refractivity contribution in [2.75, 3.05) is 13.2 Å². The number of esters is 2. The van der Waals surface area contributed by atoms with Crippen molar-refractivity contribution in [3.05, 3.63) is 48.0 Å². The minimum atomic E-state index is -1.25. The van der Waals surface area contributed by atoms with Crippen LogP contribution in [0.2, 0.25) is 0 Å². The van der Waals surface area contributed by atoms with Crippen LogP contribution in [0.1, 0.15) is 5.56 Å². The van der Waals surface area contributed by atoms with E-state index in [0.717, 1.165) is 11.6 Å². The van der Waals surface area contributed by atoms with Gasteiger partial charge in [0.25, 0.3) is 0 Å². The number of ether oxygens (including phenoxy) is 2. The molecular weight excluding hydrogens is 290 g/mol. The summed E-state index contributed by atoms with van der Waals surface area (Å²) in [5.41, 5.74) is 6.63. The Hall–Kier alpha value is -2.67. The molecule has 0 fully saturated rings. The van der Waals surface area contributed by atoms with Crippen LogP contribution in [-0.2, 0) is 30.3 Å². The van der Waals surface area contributed by atoms with Gasteiger partial charge in [-0.25, -0.2) is 9.59 Å². The molecule has 0 aliphatic carbocycles. The molecule has 1 aromatic rings. The predicted octanol–water partition coefficient (Wildman–Crippen LogP) is 0.284. The van der Waals surface area contributed by atoms with Gasteiger partial charge in [0.05, 0.1) is 0 Å². The summed E-state index contributed by atoms with van der Waals surface area (Å²) in [6, 6.07) is 8.45. The maximum atomic E-state index is 11.6. The first-order valence-electron chi connectivity index (χ1n) is 6.53. The maximum Gasteiger partial charge on any atom is 0.331 e. The molecule has 0 unspecified atom stereocenters. The van der Waals surface area contributed by atoms with Gasteiger partial charge < -0.3 is 20.3 Å². The maximum absolute atomic E-state index is 11.6. The molecule has 0 heterocycles. The van der Waals surface area contributed by atoms with Gasteiger partial charge in [0, 0.05) is 12.2 Å². The van der Waals surface area contributed by atoms with E-state index in [9.17, 15) is 14.4 Å². The number of carbonyl (C=O) groups is 3. The van der Waals surface area contributed by atoms with E-state index in [-0.39, 0.29) is 13.2 Å². The highest BCUT2D eigenvalue weighted by atomic mass is 16.6. The number of carbonyl (C=O) groups excluding carboxylic acids is 2. The fraction of sp³-hybridized carbons (Fsp3) is 0.267. The third-order valence-electron chi connectivity index (χ3n) is 2.54. The van der Waals surface area contributed by atoms with Gasteiger partial charge in [-0.15, -0.1) is 0 Å². The van der Waals surface area contributed by atoms with Crippen LogP contribution >= 0.6 is 0 Å². The zero-order valence-corrected chi connectivity index (χ0v) is 11.8. The van der Waals surface area contributed by atoms with Crippen LogP contribution < -0.4 is 5.73 Å². The average molecular weight is 307 g/mol. The Bertz CT molecular complexity index is 540. The summed E-state index contributed by atoms with van der Waals surface area (Å²) in [7, 11) is 0. The molecule has 1 atom stereocenters. The van der Waals surface area contributed by atoms with Gasteiger partial charge in [-0.05, 0) is 12.0 Å². The quantitative estimate of drug-likeness (QED) is 0.402. The van der Waals surface area contributed by atoms with Crippen LogP contribution in [0, 0.1) is 0 Å². The van der Waals surface area contributed by atoms with Crippen molar-refractivity contribution in [2.45, 2.75) is 12.5 Å². The van der Waals surface area contributed by atoms with Gasteiger partial charge >= 0.3 is 17.9 Å². The van der Waals surface area contributed by atoms with Gasteiger partial charge in [-0.3, -0.25) is 4.79 Å². The molecule has 1 rings (SSSR count). The van der Waals surface area contributed by atoms with Crippen LogP contribution in [-0.4, -0.2) is 42.3 Å². The number of hydrogen-bond donors (Lipinski definition) is 2. The molecule has 0 aliphatic rings. The Morgan fingerprint density at radius 1 is 1.09 bits per heavy atom. The lowest BCUT2D eigenvalue weighted by molar-refractivity contribution is -0.150. The molecule has 0 aromatic heterocycles. The lowest BCUT2D eigenvalue weighted by atomic mass is 10.1. The van der Waals surface area contributed by atoms with Gasteiger partial charge in [-0.1, -0.05) is 30.3 Å². The van der Waals surface area contributed by atoms with Crippen LogP contribution in [0.3, 0.4) is 0 Å². The number of carboxylic acids is 1. The molecule has 0 saturated heterocycles. The predicted molar refractivity (Wildman–Crippen MR) is 76.8 cm³/mol. The molecule has 7 heteroatoms. The Kier molecular flexibility index (Phi) is 7.35. The molecule has 0 radical (unpaired) electrons. The third kappa shape index (κ3) is 7.20. The summed E-state index contributed by atoms with van der Waals surface area (Å²) in [6.45, 7) is -0.319. The van der Waals surface area contributed by atoms with Crippen molar-refractivity contribution < 1.29 is 29.0 Å². The van der Waals surface area contributed by atoms with Crippen molar-refractivity contribution in [1.29, 1.82) is 0 Å².